The van der Waals surface area contributed by atoms with E-state index in [0.29, 0.717) is 5.82 Å². The molecule has 0 aromatic carbocycles. The number of aromatic nitrogens is 1. The molecule has 0 amide bonds. The molecule has 5 nitrogen and oxygen atoms in total. The Morgan fingerprint density at radius 3 is 2.33 bits per heavy atom. The fourth-order valence-electron chi connectivity index (χ4n) is 2.15. The molecule has 18 heavy (non-hydrogen) atoms. The molecule has 0 saturated carbocycles. The smallest absolute Gasteiger partial charge is 0.230 e. The van der Waals surface area contributed by atoms with Crippen LogP contribution in [0.5, 0.6) is 0 Å². The summed E-state index contributed by atoms with van der Waals surface area (Å²) in [5.41, 5.74) is 1.07. The van der Waals surface area contributed by atoms with Crippen LogP contribution in [0.1, 0.15) is 25.7 Å². The average Bonchev–Trinajstić information content (AvgIpc) is 2.56. The van der Waals surface area contributed by atoms with Gasteiger partial charge in [-0.25, -0.2) is 13.4 Å². The summed E-state index contributed by atoms with van der Waals surface area (Å²) in [6.07, 6.45) is 7.86. The van der Waals surface area contributed by atoms with Gasteiger partial charge in [-0.1, -0.05) is 12.8 Å². The predicted octanol–water partition coefficient (Wildman–Crippen LogP) is 1.83. The fourth-order valence-corrected chi connectivity index (χ4v) is 2.65. The maximum atomic E-state index is 11.1. The Bertz CT molecular complexity index is 477. The van der Waals surface area contributed by atoms with E-state index in [1.54, 1.807) is 12.3 Å². The molecule has 0 atom stereocenters. The molecular formula is C12H19N3O2S. The number of anilines is 2. The lowest BCUT2D eigenvalue weighted by atomic mass is 10.2. The van der Waals surface area contributed by atoms with Crippen LogP contribution in [0.2, 0.25) is 0 Å². The van der Waals surface area contributed by atoms with Gasteiger partial charge in [0.15, 0.2) is 0 Å². The van der Waals surface area contributed by atoms with Crippen molar-refractivity contribution in [2.24, 2.45) is 0 Å². The quantitative estimate of drug-likeness (QED) is 0.909. The highest BCUT2D eigenvalue weighted by atomic mass is 32.2. The Morgan fingerprint density at radius 2 is 1.83 bits per heavy atom. The van der Waals surface area contributed by atoms with Gasteiger partial charge in [-0.05, 0) is 25.0 Å². The van der Waals surface area contributed by atoms with Crippen molar-refractivity contribution < 1.29 is 8.42 Å². The van der Waals surface area contributed by atoms with Crippen molar-refractivity contribution in [3.05, 3.63) is 18.3 Å². The molecule has 100 valence electrons. The first-order chi connectivity index (χ1) is 8.54. The average molecular weight is 269 g/mol. The van der Waals surface area contributed by atoms with Gasteiger partial charge in [-0.15, -0.1) is 0 Å². The van der Waals surface area contributed by atoms with E-state index in [-0.39, 0.29) is 0 Å². The second-order valence-corrected chi connectivity index (χ2v) is 6.43. The van der Waals surface area contributed by atoms with Crippen molar-refractivity contribution in [1.29, 1.82) is 0 Å². The van der Waals surface area contributed by atoms with Crippen LogP contribution in [-0.2, 0) is 10.0 Å². The zero-order valence-corrected chi connectivity index (χ0v) is 11.4. The molecule has 0 spiro atoms. The lowest BCUT2D eigenvalue weighted by Gasteiger charge is -2.22. The summed E-state index contributed by atoms with van der Waals surface area (Å²) in [5.74, 6) is 0.371. The number of pyridine rings is 1. The highest BCUT2D eigenvalue weighted by Gasteiger charge is 2.10. The van der Waals surface area contributed by atoms with Crippen LogP contribution >= 0.6 is 0 Å². The Hall–Kier alpha value is -1.30. The minimum absolute atomic E-state index is 0.371. The van der Waals surface area contributed by atoms with E-state index in [2.05, 4.69) is 14.6 Å². The number of hydrogen-bond acceptors (Lipinski definition) is 4. The minimum atomic E-state index is -3.25. The first-order valence-electron chi connectivity index (χ1n) is 6.23. The Kier molecular flexibility index (Phi) is 4.06. The second kappa shape index (κ2) is 5.56. The molecule has 1 N–H and O–H groups in total. The topological polar surface area (TPSA) is 62.3 Å². The SMILES string of the molecule is CS(=O)(=O)Nc1ccc(N2CCCCCC2)cn1. The highest BCUT2D eigenvalue weighted by molar-refractivity contribution is 7.92. The van der Waals surface area contributed by atoms with Crippen molar-refractivity contribution in [3.8, 4) is 0 Å². The molecule has 0 aliphatic carbocycles. The molecular weight excluding hydrogens is 250 g/mol. The van der Waals surface area contributed by atoms with Gasteiger partial charge >= 0.3 is 0 Å². The molecule has 1 saturated heterocycles. The van der Waals surface area contributed by atoms with E-state index in [1.165, 1.54) is 25.7 Å². The second-order valence-electron chi connectivity index (χ2n) is 4.68. The monoisotopic (exact) mass is 269 g/mol. The molecule has 0 bridgehead atoms. The number of rotatable bonds is 3. The Morgan fingerprint density at radius 1 is 1.17 bits per heavy atom. The summed E-state index contributed by atoms with van der Waals surface area (Å²) >= 11 is 0. The van der Waals surface area contributed by atoms with Gasteiger partial charge in [0.2, 0.25) is 10.0 Å². The maximum absolute atomic E-state index is 11.1. The van der Waals surface area contributed by atoms with Crippen LogP contribution < -0.4 is 9.62 Å². The fraction of sp³-hybridized carbons (Fsp3) is 0.583. The summed E-state index contributed by atoms with van der Waals surface area (Å²) in [6.45, 7) is 2.11. The summed E-state index contributed by atoms with van der Waals surface area (Å²) in [5, 5.41) is 0. The van der Waals surface area contributed by atoms with Crippen molar-refractivity contribution >= 4 is 21.5 Å². The summed E-state index contributed by atoms with van der Waals surface area (Å²) in [6, 6.07) is 3.63. The van der Waals surface area contributed by atoms with Gasteiger partial charge in [0.05, 0.1) is 18.1 Å². The molecule has 1 aliphatic rings. The van der Waals surface area contributed by atoms with Gasteiger partial charge in [0.25, 0.3) is 0 Å². The number of hydrogen-bond donors (Lipinski definition) is 1. The van der Waals surface area contributed by atoms with Crippen LogP contribution in [0.15, 0.2) is 18.3 Å². The van der Waals surface area contributed by atoms with Gasteiger partial charge in [-0.2, -0.15) is 0 Å². The lowest BCUT2D eigenvalue weighted by molar-refractivity contribution is 0.606. The molecule has 2 heterocycles. The van der Waals surface area contributed by atoms with E-state index in [0.717, 1.165) is 25.0 Å². The predicted molar refractivity (Wildman–Crippen MR) is 73.4 cm³/mol. The zero-order valence-electron chi connectivity index (χ0n) is 10.6. The van der Waals surface area contributed by atoms with E-state index >= 15 is 0 Å². The maximum Gasteiger partial charge on any atom is 0.230 e. The first kappa shape index (κ1) is 13.1. The van der Waals surface area contributed by atoms with E-state index in [1.807, 2.05) is 6.07 Å². The lowest BCUT2D eigenvalue weighted by Crippen LogP contribution is -2.24. The largest absolute Gasteiger partial charge is 0.370 e. The van der Waals surface area contributed by atoms with Crippen LogP contribution in [0.3, 0.4) is 0 Å². The van der Waals surface area contributed by atoms with Gasteiger partial charge < -0.3 is 4.90 Å². The van der Waals surface area contributed by atoms with Gasteiger partial charge in [-0.3, -0.25) is 4.72 Å². The summed E-state index contributed by atoms with van der Waals surface area (Å²) in [7, 11) is -3.25. The molecule has 0 radical (unpaired) electrons. The van der Waals surface area contributed by atoms with Crippen molar-refractivity contribution in [1.82, 2.24) is 4.98 Å². The molecule has 2 rings (SSSR count). The zero-order chi connectivity index (χ0) is 13.0. The van der Waals surface area contributed by atoms with Crippen LogP contribution in [0.25, 0.3) is 0 Å². The molecule has 1 aliphatic heterocycles. The van der Waals surface area contributed by atoms with Crippen molar-refractivity contribution in [2.75, 3.05) is 29.0 Å². The summed E-state index contributed by atoms with van der Waals surface area (Å²) < 4.78 is 24.5. The van der Waals surface area contributed by atoms with Gasteiger partial charge in [0.1, 0.15) is 5.82 Å². The number of nitrogens with one attached hydrogen (secondary N) is 1. The molecule has 1 aromatic rings. The summed E-state index contributed by atoms with van der Waals surface area (Å²) in [4.78, 5) is 6.45. The third kappa shape index (κ3) is 3.87. The highest BCUT2D eigenvalue weighted by Crippen LogP contribution is 2.19. The van der Waals surface area contributed by atoms with E-state index in [9.17, 15) is 8.42 Å². The van der Waals surface area contributed by atoms with E-state index in [4.69, 9.17) is 0 Å². The third-order valence-corrected chi connectivity index (χ3v) is 3.59. The van der Waals surface area contributed by atoms with Crippen LogP contribution in [0, 0.1) is 0 Å². The minimum Gasteiger partial charge on any atom is -0.370 e. The molecule has 0 unspecified atom stereocenters. The number of sulfonamides is 1. The molecule has 6 heteroatoms. The normalized spacial score (nSPS) is 17.3. The third-order valence-electron chi connectivity index (χ3n) is 3.01. The van der Waals surface area contributed by atoms with Gasteiger partial charge in [0, 0.05) is 13.1 Å². The Labute approximate surface area is 108 Å². The van der Waals surface area contributed by atoms with Crippen molar-refractivity contribution in [3.63, 3.8) is 0 Å². The molecule has 1 fully saturated rings. The first-order valence-corrected chi connectivity index (χ1v) is 8.12. The van der Waals surface area contributed by atoms with E-state index < -0.39 is 10.0 Å². The number of nitrogens with zero attached hydrogens (tertiary/aromatic N) is 2. The standard InChI is InChI=1S/C12H19N3O2S/c1-18(16,17)14-12-7-6-11(10-13-12)15-8-4-2-3-5-9-15/h6-7,10H,2-5,8-9H2,1H3,(H,13,14). The van der Waals surface area contributed by atoms with Crippen LogP contribution in [0.4, 0.5) is 11.5 Å². The Balaban J connectivity index is 2.06. The van der Waals surface area contributed by atoms with Crippen LogP contribution in [-0.4, -0.2) is 32.7 Å². The van der Waals surface area contributed by atoms with Crippen molar-refractivity contribution in [2.45, 2.75) is 25.7 Å². The molecule has 1 aromatic heterocycles.